The second-order valence-electron chi connectivity index (χ2n) is 4.48. The number of non-ortho nitro benzene ring substituents is 1. The van der Waals surface area contributed by atoms with Crippen molar-refractivity contribution in [3.05, 3.63) is 64.0 Å². The molecule has 0 fully saturated rings. The molecule has 112 valence electrons. The Morgan fingerprint density at radius 3 is 2.38 bits per heavy atom. The van der Waals surface area contributed by atoms with Gasteiger partial charge in [0, 0.05) is 36.6 Å². The molecular formula is C13H11F3N2O3. The summed E-state index contributed by atoms with van der Waals surface area (Å²) in [6.45, 7) is 0.253. The van der Waals surface area contributed by atoms with Crippen molar-refractivity contribution in [1.29, 1.82) is 0 Å². The highest BCUT2D eigenvalue weighted by molar-refractivity contribution is 5.33. The van der Waals surface area contributed by atoms with Gasteiger partial charge in [-0.3, -0.25) is 10.1 Å². The highest BCUT2D eigenvalue weighted by atomic mass is 19.4. The second-order valence-corrected chi connectivity index (χ2v) is 4.48. The molecule has 1 atom stereocenters. The molecule has 0 saturated carbocycles. The van der Waals surface area contributed by atoms with E-state index in [1.807, 2.05) is 0 Å². The van der Waals surface area contributed by atoms with Gasteiger partial charge in [0.2, 0.25) is 0 Å². The highest BCUT2D eigenvalue weighted by Crippen LogP contribution is 2.32. The summed E-state index contributed by atoms with van der Waals surface area (Å²) in [5.41, 5.74) is 0.396. The molecule has 0 aliphatic rings. The van der Waals surface area contributed by atoms with E-state index in [4.69, 9.17) is 5.11 Å². The molecule has 1 N–H and O–H groups in total. The van der Waals surface area contributed by atoms with Crippen LogP contribution in [0.4, 0.5) is 18.9 Å². The lowest BCUT2D eigenvalue weighted by molar-refractivity contribution is -0.384. The molecule has 1 aromatic carbocycles. The fraction of sp³-hybridized carbons (Fsp3) is 0.231. The Morgan fingerprint density at radius 2 is 1.86 bits per heavy atom. The van der Waals surface area contributed by atoms with E-state index < -0.39 is 17.2 Å². The van der Waals surface area contributed by atoms with Crippen molar-refractivity contribution in [2.75, 3.05) is 0 Å². The van der Waals surface area contributed by atoms with Crippen molar-refractivity contribution in [3.8, 4) is 0 Å². The Kier molecular flexibility index (Phi) is 3.99. The first kappa shape index (κ1) is 15.0. The molecule has 21 heavy (non-hydrogen) atoms. The standard InChI is InChI=1S/C13H11F3N2O3/c14-13(15,16)12(19)10-5-6-17(8-10)7-9-1-3-11(4-2-9)18(20)21/h1-6,8,12,19H,7H2. The van der Waals surface area contributed by atoms with Crippen molar-refractivity contribution in [2.45, 2.75) is 18.8 Å². The van der Waals surface area contributed by atoms with Crippen molar-refractivity contribution >= 4 is 5.69 Å². The Hall–Kier alpha value is -2.35. The first-order valence-corrected chi connectivity index (χ1v) is 5.91. The van der Waals surface area contributed by atoms with E-state index in [0.717, 1.165) is 0 Å². The summed E-state index contributed by atoms with van der Waals surface area (Å²) in [6.07, 6.45) is -4.62. The van der Waals surface area contributed by atoms with Gasteiger partial charge in [-0.05, 0) is 11.6 Å². The van der Waals surface area contributed by atoms with E-state index >= 15 is 0 Å². The smallest absolute Gasteiger partial charge is 0.379 e. The lowest BCUT2D eigenvalue weighted by Gasteiger charge is -2.12. The van der Waals surface area contributed by atoms with Gasteiger partial charge in [-0.1, -0.05) is 12.1 Å². The third kappa shape index (κ3) is 3.60. The van der Waals surface area contributed by atoms with E-state index in [2.05, 4.69) is 0 Å². The van der Waals surface area contributed by atoms with Crippen LogP contribution in [0.15, 0.2) is 42.7 Å². The van der Waals surface area contributed by atoms with Gasteiger partial charge in [0.05, 0.1) is 4.92 Å². The van der Waals surface area contributed by atoms with Gasteiger partial charge in [-0.2, -0.15) is 13.2 Å². The molecule has 0 spiro atoms. The maximum absolute atomic E-state index is 12.4. The Balaban J connectivity index is 2.10. The fourth-order valence-corrected chi connectivity index (χ4v) is 1.84. The Morgan fingerprint density at radius 1 is 1.24 bits per heavy atom. The lowest BCUT2D eigenvalue weighted by Crippen LogP contribution is -2.19. The van der Waals surface area contributed by atoms with Gasteiger partial charge < -0.3 is 9.67 Å². The number of nitro groups is 1. The maximum atomic E-state index is 12.4. The van der Waals surface area contributed by atoms with Crippen molar-refractivity contribution in [3.63, 3.8) is 0 Å². The summed E-state index contributed by atoms with van der Waals surface area (Å²) in [7, 11) is 0. The molecule has 0 bridgehead atoms. The zero-order valence-corrected chi connectivity index (χ0v) is 10.6. The summed E-state index contributed by atoms with van der Waals surface area (Å²) in [5, 5.41) is 19.6. The Bertz CT molecular complexity index is 635. The van der Waals surface area contributed by atoms with E-state index in [0.29, 0.717) is 5.56 Å². The third-order valence-corrected chi connectivity index (χ3v) is 2.91. The predicted molar refractivity (Wildman–Crippen MR) is 67.6 cm³/mol. The topological polar surface area (TPSA) is 68.3 Å². The number of hydrogen-bond donors (Lipinski definition) is 1. The van der Waals surface area contributed by atoms with E-state index in [-0.39, 0.29) is 17.8 Å². The molecule has 0 aliphatic carbocycles. The molecular weight excluding hydrogens is 289 g/mol. The summed E-state index contributed by atoms with van der Waals surface area (Å²) in [6, 6.07) is 6.88. The van der Waals surface area contributed by atoms with Gasteiger partial charge in [-0.15, -0.1) is 0 Å². The SMILES string of the molecule is O=[N+]([O-])c1ccc(Cn2ccc(C(O)C(F)(F)F)c2)cc1. The quantitative estimate of drug-likeness (QED) is 0.697. The highest BCUT2D eigenvalue weighted by Gasteiger charge is 2.39. The number of benzene rings is 1. The Labute approximate surface area is 117 Å². The molecule has 0 saturated heterocycles. The lowest BCUT2D eigenvalue weighted by atomic mass is 10.2. The summed E-state index contributed by atoms with van der Waals surface area (Å²) < 4.78 is 38.6. The van der Waals surface area contributed by atoms with Crippen LogP contribution in [0.1, 0.15) is 17.2 Å². The minimum absolute atomic E-state index is 0.0561. The predicted octanol–water partition coefficient (Wildman–Crippen LogP) is 3.04. The van der Waals surface area contributed by atoms with Crippen LogP contribution < -0.4 is 0 Å². The zero-order chi connectivity index (χ0) is 15.6. The summed E-state index contributed by atoms with van der Waals surface area (Å²) in [5.74, 6) is 0. The van der Waals surface area contributed by atoms with Gasteiger partial charge in [0.15, 0.2) is 6.10 Å². The molecule has 8 heteroatoms. The van der Waals surface area contributed by atoms with Crippen molar-refractivity contribution in [2.24, 2.45) is 0 Å². The number of aliphatic hydroxyl groups excluding tert-OH is 1. The minimum Gasteiger partial charge on any atom is -0.379 e. The monoisotopic (exact) mass is 300 g/mol. The minimum atomic E-state index is -4.71. The molecule has 1 aromatic heterocycles. The van der Waals surface area contributed by atoms with E-state index in [1.165, 1.54) is 47.3 Å². The van der Waals surface area contributed by atoms with E-state index in [1.54, 1.807) is 0 Å². The number of aliphatic hydroxyl groups is 1. The zero-order valence-electron chi connectivity index (χ0n) is 10.6. The number of halogens is 3. The third-order valence-electron chi connectivity index (χ3n) is 2.91. The van der Waals surface area contributed by atoms with Crippen LogP contribution in [0, 0.1) is 10.1 Å². The van der Waals surface area contributed by atoms with Gasteiger partial charge in [0.25, 0.3) is 5.69 Å². The normalized spacial score (nSPS) is 13.1. The number of rotatable bonds is 4. The maximum Gasteiger partial charge on any atom is 0.418 e. The van der Waals surface area contributed by atoms with Crippen LogP contribution in [0.25, 0.3) is 0 Å². The van der Waals surface area contributed by atoms with Crippen molar-refractivity contribution < 1.29 is 23.2 Å². The molecule has 0 amide bonds. The van der Waals surface area contributed by atoms with Gasteiger partial charge >= 0.3 is 6.18 Å². The number of alkyl halides is 3. The number of nitrogens with zero attached hydrogens (tertiary/aromatic N) is 2. The second kappa shape index (κ2) is 5.57. The largest absolute Gasteiger partial charge is 0.418 e. The molecule has 1 heterocycles. The van der Waals surface area contributed by atoms with Crippen LogP contribution in [0.3, 0.4) is 0 Å². The molecule has 0 radical (unpaired) electrons. The molecule has 5 nitrogen and oxygen atoms in total. The number of aromatic nitrogens is 1. The summed E-state index contributed by atoms with van der Waals surface area (Å²) >= 11 is 0. The first-order chi connectivity index (χ1) is 9.77. The molecule has 1 unspecified atom stereocenters. The average Bonchev–Trinajstić information content (AvgIpc) is 2.85. The number of nitro benzene ring substituents is 1. The van der Waals surface area contributed by atoms with Crippen LogP contribution in [-0.4, -0.2) is 20.8 Å². The van der Waals surface area contributed by atoms with Crippen molar-refractivity contribution in [1.82, 2.24) is 4.57 Å². The van der Waals surface area contributed by atoms with Crippen LogP contribution in [0.5, 0.6) is 0 Å². The van der Waals surface area contributed by atoms with Crippen LogP contribution in [0.2, 0.25) is 0 Å². The van der Waals surface area contributed by atoms with Gasteiger partial charge in [0.1, 0.15) is 0 Å². The first-order valence-electron chi connectivity index (χ1n) is 5.91. The summed E-state index contributed by atoms with van der Waals surface area (Å²) in [4.78, 5) is 9.98. The number of hydrogen-bond acceptors (Lipinski definition) is 3. The molecule has 0 aliphatic heterocycles. The average molecular weight is 300 g/mol. The van der Waals surface area contributed by atoms with E-state index in [9.17, 15) is 23.3 Å². The van der Waals surface area contributed by atoms with Crippen LogP contribution in [-0.2, 0) is 6.54 Å². The fourth-order valence-electron chi connectivity index (χ4n) is 1.84. The van der Waals surface area contributed by atoms with Gasteiger partial charge in [-0.25, -0.2) is 0 Å². The molecule has 2 rings (SSSR count). The van der Waals surface area contributed by atoms with Crippen LogP contribution >= 0.6 is 0 Å². The molecule has 2 aromatic rings.